The quantitative estimate of drug-likeness (QED) is 0.342. The van der Waals surface area contributed by atoms with Gasteiger partial charge >= 0.3 is 0 Å². The highest BCUT2D eigenvalue weighted by atomic mass is 32.2. The van der Waals surface area contributed by atoms with Gasteiger partial charge in [-0.05, 0) is 29.8 Å². The van der Waals surface area contributed by atoms with Gasteiger partial charge in [-0.3, -0.25) is 0 Å². The molecule has 0 aliphatic carbocycles. The summed E-state index contributed by atoms with van der Waals surface area (Å²) in [4.78, 5) is 2.47. The first-order chi connectivity index (χ1) is 7.06. The van der Waals surface area contributed by atoms with Crippen LogP contribution in [0.5, 0.6) is 0 Å². The van der Waals surface area contributed by atoms with E-state index in [9.17, 15) is 12.8 Å². The maximum atomic E-state index is 12.5. The summed E-state index contributed by atoms with van der Waals surface area (Å²) >= 11 is 0. The Hall–Kier alpha value is -1.59. The molecule has 0 aliphatic heterocycles. The van der Waals surface area contributed by atoms with Crippen molar-refractivity contribution in [3.63, 3.8) is 0 Å². The summed E-state index contributed by atoms with van der Waals surface area (Å²) in [5, 5.41) is 3.13. The van der Waals surface area contributed by atoms with Gasteiger partial charge in [0.05, 0.1) is 10.6 Å². The third kappa shape index (κ3) is 3.23. The van der Waals surface area contributed by atoms with Crippen molar-refractivity contribution < 1.29 is 12.8 Å². The van der Waals surface area contributed by atoms with Crippen LogP contribution in [-0.4, -0.2) is 20.7 Å². The van der Waals surface area contributed by atoms with E-state index < -0.39 is 15.7 Å². The molecule has 7 heteroatoms. The Morgan fingerprint density at radius 2 is 1.93 bits per heavy atom. The van der Waals surface area contributed by atoms with E-state index in [0.29, 0.717) is 0 Å². The standard InChI is InChI=1S/C8H8FN3O2S/c9-7-1-3-8(4-2-7)15(13,14)6-5-11-12-10/h1-4H,5-6H2. The van der Waals surface area contributed by atoms with E-state index in [0.717, 1.165) is 12.1 Å². The minimum Gasteiger partial charge on any atom is -0.224 e. The van der Waals surface area contributed by atoms with Crippen molar-refractivity contribution in [1.82, 2.24) is 0 Å². The molecule has 0 aromatic heterocycles. The van der Waals surface area contributed by atoms with Crippen LogP contribution in [0.3, 0.4) is 0 Å². The zero-order chi connectivity index (χ0) is 11.3. The first-order valence-electron chi connectivity index (χ1n) is 4.05. The van der Waals surface area contributed by atoms with Crippen molar-refractivity contribution in [2.24, 2.45) is 5.11 Å². The summed E-state index contributed by atoms with van der Waals surface area (Å²) in [6.07, 6.45) is 0. The molecular formula is C8H8FN3O2S. The number of rotatable bonds is 4. The minimum absolute atomic E-state index is 0.0250. The predicted molar refractivity (Wildman–Crippen MR) is 52.5 cm³/mol. The van der Waals surface area contributed by atoms with Gasteiger partial charge in [0, 0.05) is 11.5 Å². The third-order valence-electron chi connectivity index (χ3n) is 1.70. The lowest BCUT2D eigenvalue weighted by atomic mass is 10.4. The number of azide groups is 1. The predicted octanol–water partition coefficient (Wildman–Crippen LogP) is 1.91. The second-order valence-corrected chi connectivity index (χ2v) is 4.84. The molecule has 0 aliphatic rings. The van der Waals surface area contributed by atoms with Crippen LogP contribution in [0.2, 0.25) is 0 Å². The summed E-state index contributed by atoms with van der Waals surface area (Å²) in [6.45, 7) is -0.129. The third-order valence-corrected chi connectivity index (χ3v) is 3.41. The van der Waals surface area contributed by atoms with Crippen LogP contribution in [-0.2, 0) is 9.84 Å². The van der Waals surface area contributed by atoms with E-state index in [4.69, 9.17) is 5.53 Å². The van der Waals surface area contributed by atoms with Crippen molar-refractivity contribution in [3.8, 4) is 0 Å². The Kier molecular flexibility index (Phi) is 3.65. The van der Waals surface area contributed by atoms with Gasteiger partial charge in [0.25, 0.3) is 0 Å². The molecule has 0 fully saturated rings. The van der Waals surface area contributed by atoms with Crippen molar-refractivity contribution in [2.75, 3.05) is 12.3 Å². The molecule has 0 unspecified atom stereocenters. The lowest BCUT2D eigenvalue weighted by molar-refractivity contribution is 0.594. The number of nitrogens with zero attached hydrogens (tertiary/aromatic N) is 3. The molecule has 0 N–H and O–H groups in total. The van der Waals surface area contributed by atoms with Gasteiger partial charge in [-0.2, -0.15) is 0 Å². The Balaban J connectivity index is 2.86. The first kappa shape index (κ1) is 11.5. The number of sulfone groups is 1. The summed E-state index contributed by atoms with van der Waals surface area (Å²) in [6, 6.07) is 4.50. The maximum absolute atomic E-state index is 12.5. The van der Waals surface area contributed by atoms with Gasteiger partial charge in [-0.15, -0.1) is 0 Å². The Bertz CT molecular complexity index is 477. The summed E-state index contributed by atoms with van der Waals surface area (Å²) in [7, 11) is -3.48. The highest BCUT2D eigenvalue weighted by Crippen LogP contribution is 2.11. The SMILES string of the molecule is [N-]=[N+]=NCCS(=O)(=O)c1ccc(F)cc1. The second kappa shape index (κ2) is 4.77. The molecule has 0 bridgehead atoms. The lowest BCUT2D eigenvalue weighted by Gasteiger charge is -2.01. The van der Waals surface area contributed by atoms with E-state index >= 15 is 0 Å². The molecular weight excluding hydrogens is 221 g/mol. The van der Waals surface area contributed by atoms with Gasteiger partial charge in [-0.25, -0.2) is 12.8 Å². The van der Waals surface area contributed by atoms with Crippen molar-refractivity contribution >= 4 is 9.84 Å². The van der Waals surface area contributed by atoms with E-state index in [-0.39, 0.29) is 17.2 Å². The zero-order valence-electron chi connectivity index (χ0n) is 7.67. The van der Waals surface area contributed by atoms with Crippen LogP contribution >= 0.6 is 0 Å². The fourth-order valence-electron chi connectivity index (χ4n) is 0.966. The molecule has 1 aromatic rings. The highest BCUT2D eigenvalue weighted by Gasteiger charge is 2.12. The smallest absolute Gasteiger partial charge is 0.178 e. The molecule has 80 valence electrons. The molecule has 1 aromatic carbocycles. The summed E-state index contributed by atoms with van der Waals surface area (Å²) < 4.78 is 35.5. The Morgan fingerprint density at radius 3 is 2.47 bits per heavy atom. The van der Waals surface area contributed by atoms with Crippen molar-refractivity contribution in [2.45, 2.75) is 4.90 Å². The van der Waals surface area contributed by atoms with Crippen molar-refractivity contribution in [3.05, 3.63) is 40.5 Å². The Labute approximate surface area is 86.1 Å². The molecule has 0 radical (unpaired) electrons. The highest BCUT2D eigenvalue weighted by molar-refractivity contribution is 7.91. The molecule has 5 nitrogen and oxygen atoms in total. The number of halogens is 1. The maximum Gasteiger partial charge on any atom is 0.178 e. The largest absolute Gasteiger partial charge is 0.224 e. The normalized spacial score (nSPS) is 10.7. The molecule has 0 saturated carbocycles. The van der Waals surface area contributed by atoms with Crippen LogP contribution in [0.4, 0.5) is 4.39 Å². The van der Waals surface area contributed by atoms with Gasteiger partial charge in [-0.1, -0.05) is 5.11 Å². The van der Waals surface area contributed by atoms with Crippen LogP contribution in [0, 0.1) is 5.82 Å². The second-order valence-electron chi connectivity index (χ2n) is 2.73. The van der Waals surface area contributed by atoms with Crippen LogP contribution in [0.25, 0.3) is 10.4 Å². The monoisotopic (exact) mass is 229 g/mol. The first-order valence-corrected chi connectivity index (χ1v) is 5.70. The zero-order valence-corrected chi connectivity index (χ0v) is 8.48. The van der Waals surface area contributed by atoms with Crippen molar-refractivity contribution in [1.29, 1.82) is 0 Å². The van der Waals surface area contributed by atoms with Crippen LogP contribution < -0.4 is 0 Å². The van der Waals surface area contributed by atoms with Crippen LogP contribution in [0.1, 0.15) is 0 Å². The topological polar surface area (TPSA) is 82.9 Å². The van der Waals surface area contributed by atoms with Gasteiger partial charge in [0.15, 0.2) is 9.84 Å². The minimum atomic E-state index is -3.48. The molecule has 0 saturated heterocycles. The van der Waals surface area contributed by atoms with E-state index in [1.54, 1.807) is 0 Å². The van der Waals surface area contributed by atoms with E-state index in [1.165, 1.54) is 12.1 Å². The van der Waals surface area contributed by atoms with Gasteiger partial charge in [0.1, 0.15) is 5.82 Å². The number of hydrogen-bond donors (Lipinski definition) is 0. The lowest BCUT2D eigenvalue weighted by Crippen LogP contribution is -2.08. The Morgan fingerprint density at radius 1 is 1.33 bits per heavy atom. The average Bonchev–Trinajstić information content (AvgIpc) is 2.18. The van der Waals surface area contributed by atoms with Crippen LogP contribution in [0.15, 0.2) is 34.3 Å². The molecule has 0 heterocycles. The number of benzene rings is 1. The average molecular weight is 229 g/mol. The van der Waals surface area contributed by atoms with E-state index in [2.05, 4.69) is 10.0 Å². The fourth-order valence-corrected chi connectivity index (χ4v) is 2.07. The summed E-state index contributed by atoms with van der Waals surface area (Å²) in [5.41, 5.74) is 7.98. The van der Waals surface area contributed by atoms with E-state index in [1.807, 2.05) is 0 Å². The molecule has 1 rings (SSSR count). The van der Waals surface area contributed by atoms with Gasteiger partial charge in [0.2, 0.25) is 0 Å². The fraction of sp³-hybridized carbons (Fsp3) is 0.250. The summed E-state index contributed by atoms with van der Waals surface area (Å²) in [5.74, 6) is -0.771. The molecule has 0 amide bonds. The molecule has 0 spiro atoms. The molecule has 0 atom stereocenters. The van der Waals surface area contributed by atoms with Gasteiger partial charge < -0.3 is 0 Å². The molecule has 15 heavy (non-hydrogen) atoms. The number of hydrogen-bond acceptors (Lipinski definition) is 3.